The first-order valence-electron chi connectivity index (χ1n) is 7.22. The number of hydrogen-bond donors (Lipinski definition) is 0. The maximum absolute atomic E-state index is 13.0. The molecular formula is C18H20FNO. The Morgan fingerprint density at radius 1 is 1.10 bits per heavy atom. The van der Waals surface area contributed by atoms with E-state index in [1.165, 1.54) is 24.3 Å². The molecule has 2 aromatic carbocycles. The number of benzene rings is 2. The molecule has 0 aromatic heterocycles. The van der Waals surface area contributed by atoms with Crippen LogP contribution >= 0.6 is 0 Å². The predicted octanol–water partition coefficient (Wildman–Crippen LogP) is 4.27. The molecule has 0 aliphatic rings. The van der Waals surface area contributed by atoms with Crippen LogP contribution in [-0.2, 0) is 6.54 Å². The van der Waals surface area contributed by atoms with Crippen LogP contribution in [0.5, 0.6) is 0 Å². The summed E-state index contributed by atoms with van der Waals surface area (Å²) in [6.45, 7) is 4.65. The van der Waals surface area contributed by atoms with Gasteiger partial charge in [0.15, 0.2) is 0 Å². The fraction of sp³-hybridized carbons (Fsp3) is 0.278. The average Bonchev–Trinajstić information content (AvgIpc) is 2.53. The zero-order valence-electron chi connectivity index (χ0n) is 12.4. The van der Waals surface area contributed by atoms with Gasteiger partial charge in [0.25, 0.3) is 5.91 Å². The van der Waals surface area contributed by atoms with E-state index in [0.717, 1.165) is 12.0 Å². The van der Waals surface area contributed by atoms with Crippen molar-refractivity contribution in [3.63, 3.8) is 0 Å². The Bertz CT molecular complexity index is 580. The smallest absolute Gasteiger partial charge is 0.254 e. The molecule has 2 nitrogen and oxygen atoms in total. The average molecular weight is 285 g/mol. The van der Waals surface area contributed by atoms with Gasteiger partial charge in [-0.15, -0.1) is 0 Å². The van der Waals surface area contributed by atoms with E-state index in [1.54, 1.807) is 0 Å². The Morgan fingerprint density at radius 3 is 2.29 bits per heavy atom. The van der Waals surface area contributed by atoms with Gasteiger partial charge in [0, 0.05) is 18.2 Å². The number of amides is 1. The second kappa shape index (κ2) is 7.02. The number of hydrogen-bond acceptors (Lipinski definition) is 1. The van der Waals surface area contributed by atoms with Gasteiger partial charge < -0.3 is 4.90 Å². The number of rotatable bonds is 5. The number of halogens is 1. The molecule has 0 bridgehead atoms. The molecule has 0 heterocycles. The van der Waals surface area contributed by atoms with Crippen molar-refractivity contribution in [2.24, 2.45) is 0 Å². The fourth-order valence-corrected chi connectivity index (χ4v) is 2.19. The number of carbonyl (C=O) groups excluding carboxylic acids is 1. The van der Waals surface area contributed by atoms with Crippen molar-refractivity contribution >= 4 is 5.91 Å². The summed E-state index contributed by atoms with van der Waals surface area (Å²) in [5.74, 6) is -0.391. The molecular weight excluding hydrogens is 265 g/mol. The molecule has 1 atom stereocenters. The lowest BCUT2D eigenvalue weighted by Gasteiger charge is -2.29. The van der Waals surface area contributed by atoms with E-state index in [1.807, 2.05) is 42.2 Å². The van der Waals surface area contributed by atoms with Crippen molar-refractivity contribution < 1.29 is 9.18 Å². The normalized spacial score (nSPS) is 12.0. The molecule has 2 rings (SSSR count). The van der Waals surface area contributed by atoms with E-state index in [-0.39, 0.29) is 17.8 Å². The van der Waals surface area contributed by atoms with Gasteiger partial charge >= 0.3 is 0 Å². The lowest BCUT2D eigenvalue weighted by atomic mass is 10.1. The molecule has 0 saturated carbocycles. The standard InChI is InChI=1S/C18H20FNO/c1-3-14(2)20(13-15-7-5-4-6-8-15)18(21)16-9-11-17(19)12-10-16/h4-12,14H,3,13H2,1-2H3. The van der Waals surface area contributed by atoms with Crippen LogP contribution in [0.25, 0.3) is 0 Å². The Morgan fingerprint density at radius 2 is 1.71 bits per heavy atom. The quantitative estimate of drug-likeness (QED) is 0.803. The van der Waals surface area contributed by atoms with Crippen LogP contribution in [0, 0.1) is 5.82 Å². The molecule has 21 heavy (non-hydrogen) atoms. The van der Waals surface area contributed by atoms with Crippen LogP contribution in [-0.4, -0.2) is 16.8 Å². The Balaban J connectivity index is 2.23. The highest BCUT2D eigenvalue weighted by Crippen LogP contribution is 2.15. The zero-order chi connectivity index (χ0) is 15.2. The molecule has 0 fully saturated rings. The predicted molar refractivity (Wildman–Crippen MR) is 82.5 cm³/mol. The first kappa shape index (κ1) is 15.2. The second-order valence-corrected chi connectivity index (χ2v) is 5.18. The summed E-state index contributed by atoms with van der Waals surface area (Å²) in [6, 6.07) is 15.8. The van der Waals surface area contributed by atoms with E-state index in [0.29, 0.717) is 12.1 Å². The molecule has 110 valence electrons. The van der Waals surface area contributed by atoms with Crippen molar-refractivity contribution in [3.8, 4) is 0 Å². The van der Waals surface area contributed by atoms with Crippen LogP contribution in [0.15, 0.2) is 54.6 Å². The number of nitrogens with zero attached hydrogens (tertiary/aromatic N) is 1. The first-order chi connectivity index (χ1) is 10.1. The third-order valence-corrected chi connectivity index (χ3v) is 3.67. The Labute approximate surface area is 125 Å². The molecule has 0 spiro atoms. The first-order valence-corrected chi connectivity index (χ1v) is 7.22. The zero-order valence-corrected chi connectivity index (χ0v) is 12.4. The van der Waals surface area contributed by atoms with Crippen LogP contribution in [0.1, 0.15) is 36.2 Å². The van der Waals surface area contributed by atoms with Gasteiger partial charge in [-0.2, -0.15) is 0 Å². The summed E-state index contributed by atoms with van der Waals surface area (Å²) in [4.78, 5) is 14.5. The Kier molecular flexibility index (Phi) is 5.09. The molecule has 0 saturated heterocycles. The van der Waals surface area contributed by atoms with Gasteiger partial charge in [0.05, 0.1) is 0 Å². The largest absolute Gasteiger partial charge is 0.332 e. The van der Waals surface area contributed by atoms with Crippen LogP contribution < -0.4 is 0 Å². The minimum absolute atomic E-state index is 0.0618. The van der Waals surface area contributed by atoms with E-state index >= 15 is 0 Å². The van der Waals surface area contributed by atoms with Gasteiger partial charge in [-0.25, -0.2) is 4.39 Å². The van der Waals surface area contributed by atoms with Crippen molar-refractivity contribution in [1.82, 2.24) is 4.90 Å². The van der Waals surface area contributed by atoms with Crippen LogP contribution in [0.4, 0.5) is 4.39 Å². The van der Waals surface area contributed by atoms with Crippen molar-refractivity contribution in [2.75, 3.05) is 0 Å². The van der Waals surface area contributed by atoms with Crippen LogP contribution in [0.2, 0.25) is 0 Å². The highest BCUT2D eigenvalue weighted by Gasteiger charge is 2.20. The van der Waals surface area contributed by atoms with Gasteiger partial charge in [-0.3, -0.25) is 4.79 Å². The van der Waals surface area contributed by atoms with Gasteiger partial charge in [0.2, 0.25) is 0 Å². The highest BCUT2D eigenvalue weighted by atomic mass is 19.1. The third kappa shape index (κ3) is 3.91. The van der Waals surface area contributed by atoms with Crippen molar-refractivity contribution in [1.29, 1.82) is 0 Å². The monoisotopic (exact) mass is 285 g/mol. The van der Waals surface area contributed by atoms with E-state index in [4.69, 9.17) is 0 Å². The molecule has 3 heteroatoms. The SMILES string of the molecule is CCC(C)N(Cc1ccccc1)C(=O)c1ccc(F)cc1. The lowest BCUT2D eigenvalue weighted by Crippen LogP contribution is -2.37. The summed E-state index contributed by atoms with van der Waals surface area (Å²) in [5.41, 5.74) is 1.61. The maximum Gasteiger partial charge on any atom is 0.254 e. The summed E-state index contributed by atoms with van der Waals surface area (Å²) in [7, 11) is 0. The highest BCUT2D eigenvalue weighted by molar-refractivity contribution is 5.94. The minimum Gasteiger partial charge on any atom is -0.332 e. The Hall–Kier alpha value is -2.16. The van der Waals surface area contributed by atoms with Crippen molar-refractivity contribution in [3.05, 3.63) is 71.5 Å². The van der Waals surface area contributed by atoms with Crippen molar-refractivity contribution in [2.45, 2.75) is 32.9 Å². The molecule has 0 radical (unpaired) electrons. The molecule has 0 N–H and O–H groups in total. The number of carbonyl (C=O) groups is 1. The van der Waals surface area contributed by atoms with Gasteiger partial charge in [-0.1, -0.05) is 37.3 Å². The lowest BCUT2D eigenvalue weighted by molar-refractivity contribution is 0.0671. The summed E-state index contributed by atoms with van der Waals surface area (Å²) in [6.07, 6.45) is 0.875. The minimum atomic E-state index is -0.329. The molecule has 2 aromatic rings. The third-order valence-electron chi connectivity index (χ3n) is 3.67. The summed E-state index contributed by atoms with van der Waals surface area (Å²) >= 11 is 0. The van der Waals surface area contributed by atoms with Gasteiger partial charge in [0.1, 0.15) is 5.82 Å². The molecule has 0 aliphatic heterocycles. The van der Waals surface area contributed by atoms with Crippen LogP contribution in [0.3, 0.4) is 0 Å². The molecule has 1 amide bonds. The maximum atomic E-state index is 13.0. The second-order valence-electron chi connectivity index (χ2n) is 5.18. The fourth-order valence-electron chi connectivity index (χ4n) is 2.19. The summed E-state index contributed by atoms with van der Waals surface area (Å²) in [5, 5.41) is 0. The topological polar surface area (TPSA) is 20.3 Å². The van der Waals surface area contributed by atoms with E-state index in [9.17, 15) is 9.18 Å². The van der Waals surface area contributed by atoms with Gasteiger partial charge in [-0.05, 0) is 43.2 Å². The molecule has 1 unspecified atom stereocenters. The van der Waals surface area contributed by atoms with E-state index < -0.39 is 0 Å². The van der Waals surface area contributed by atoms with E-state index in [2.05, 4.69) is 6.92 Å². The summed E-state index contributed by atoms with van der Waals surface area (Å²) < 4.78 is 13.0. The molecule has 0 aliphatic carbocycles.